The summed E-state index contributed by atoms with van der Waals surface area (Å²) < 4.78 is 2.06. The van der Waals surface area contributed by atoms with Crippen LogP contribution in [0.25, 0.3) is 0 Å². The van der Waals surface area contributed by atoms with E-state index in [2.05, 4.69) is 21.7 Å². The maximum Gasteiger partial charge on any atom is 0.0719 e. The molecule has 2 atom stereocenters. The van der Waals surface area contributed by atoms with Crippen molar-refractivity contribution in [2.45, 2.75) is 43.8 Å². The molecule has 4 heteroatoms. The van der Waals surface area contributed by atoms with Crippen molar-refractivity contribution in [3.63, 3.8) is 0 Å². The largest absolute Gasteiger partial charge is 0.396 e. The molecule has 0 spiro atoms. The average molecular weight is 206 g/mol. The summed E-state index contributed by atoms with van der Waals surface area (Å²) in [6.07, 6.45) is 8.89. The molecule has 82 valence electrons. The molecule has 4 nitrogen and oxygen atoms in total. The number of hydrogen-bond acceptors (Lipinski definition) is 3. The molecule has 2 bridgehead atoms. The molecular formula is C11H18N4. The van der Waals surface area contributed by atoms with E-state index in [4.69, 9.17) is 5.73 Å². The van der Waals surface area contributed by atoms with Crippen LogP contribution in [0.1, 0.15) is 31.7 Å². The molecule has 0 amide bonds. The number of nitrogen functional groups attached to an aromatic ring is 1. The highest BCUT2D eigenvalue weighted by atomic mass is 15.3. The second-order valence-electron chi connectivity index (χ2n) is 4.93. The number of hydrogen-bond donors (Lipinski definition) is 1. The van der Waals surface area contributed by atoms with Crippen LogP contribution in [0.4, 0.5) is 5.69 Å². The zero-order valence-electron chi connectivity index (χ0n) is 9.13. The molecule has 0 saturated carbocycles. The monoisotopic (exact) mass is 206 g/mol. The molecule has 0 unspecified atom stereocenters. The Morgan fingerprint density at radius 2 is 1.93 bits per heavy atom. The third-order valence-electron chi connectivity index (χ3n) is 4.07. The van der Waals surface area contributed by atoms with Gasteiger partial charge in [-0.1, -0.05) is 0 Å². The Morgan fingerprint density at radius 3 is 2.47 bits per heavy atom. The number of aromatic nitrogens is 2. The highest BCUT2D eigenvalue weighted by Crippen LogP contribution is 2.39. The van der Waals surface area contributed by atoms with Crippen LogP contribution in [0.3, 0.4) is 0 Å². The maximum absolute atomic E-state index is 5.70. The molecular weight excluding hydrogens is 188 g/mol. The minimum absolute atomic E-state index is 0.566. The zero-order chi connectivity index (χ0) is 10.4. The number of nitrogens with zero attached hydrogens (tertiary/aromatic N) is 3. The average Bonchev–Trinajstić information content (AvgIpc) is 2.70. The van der Waals surface area contributed by atoms with Crippen molar-refractivity contribution in [3.8, 4) is 0 Å². The van der Waals surface area contributed by atoms with Gasteiger partial charge < -0.3 is 10.6 Å². The Balaban J connectivity index is 1.80. The molecule has 0 aliphatic carbocycles. The molecule has 0 radical (unpaired) electrons. The van der Waals surface area contributed by atoms with Crippen LogP contribution in [0.15, 0.2) is 12.4 Å². The normalized spacial score (nSPS) is 35.9. The van der Waals surface area contributed by atoms with Gasteiger partial charge in [-0.15, -0.1) is 0 Å². The third-order valence-corrected chi connectivity index (χ3v) is 4.07. The Labute approximate surface area is 90.0 Å². The SMILES string of the molecule is CN1[C@@H]2CC[C@@H]1CC(n1cc(N)cn1)C2. The fraction of sp³-hybridized carbons (Fsp3) is 0.727. The van der Waals surface area contributed by atoms with Crippen molar-refractivity contribution in [3.05, 3.63) is 12.4 Å². The summed E-state index contributed by atoms with van der Waals surface area (Å²) in [6.45, 7) is 0. The number of anilines is 1. The van der Waals surface area contributed by atoms with E-state index in [0.717, 1.165) is 17.8 Å². The van der Waals surface area contributed by atoms with Crippen LogP contribution < -0.4 is 5.73 Å². The predicted octanol–water partition coefficient (Wildman–Crippen LogP) is 1.26. The van der Waals surface area contributed by atoms with Crippen molar-refractivity contribution in [1.29, 1.82) is 0 Å². The van der Waals surface area contributed by atoms with E-state index in [1.54, 1.807) is 6.20 Å². The van der Waals surface area contributed by atoms with Crippen LogP contribution in [0, 0.1) is 0 Å². The summed E-state index contributed by atoms with van der Waals surface area (Å²) in [4.78, 5) is 2.54. The van der Waals surface area contributed by atoms with Gasteiger partial charge in [-0.2, -0.15) is 5.10 Å². The Hall–Kier alpha value is -1.03. The predicted molar refractivity (Wildman–Crippen MR) is 59.5 cm³/mol. The first-order valence-corrected chi connectivity index (χ1v) is 5.75. The molecule has 15 heavy (non-hydrogen) atoms. The van der Waals surface area contributed by atoms with Gasteiger partial charge in [0.1, 0.15) is 0 Å². The standard InChI is InChI=1S/C11H18N4/c1-14-9-2-3-10(14)5-11(4-9)15-7-8(12)6-13-15/h6-7,9-11H,2-5,12H2,1H3/t9-,10-/m1/s1. The molecule has 1 aromatic heterocycles. The fourth-order valence-corrected chi connectivity index (χ4v) is 3.15. The molecule has 1 aromatic rings. The number of rotatable bonds is 1. The maximum atomic E-state index is 5.70. The summed E-state index contributed by atoms with van der Waals surface area (Å²) in [5.41, 5.74) is 6.48. The second kappa shape index (κ2) is 3.23. The summed E-state index contributed by atoms with van der Waals surface area (Å²) in [5.74, 6) is 0. The summed E-state index contributed by atoms with van der Waals surface area (Å²) in [6, 6.07) is 2.09. The van der Waals surface area contributed by atoms with Crippen LogP contribution in [0.2, 0.25) is 0 Å². The Bertz CT molecular complexity index is 345. The lowest BCUT2D eigenvalue weighted by molar-refractivity contribution is 0.131. The van der Waals surface area contributed by atoms with Crippen LogP contribution in [-0.4, -0.2) is 33.8 Å². The molecule has 3 rings (SSSR count). The van der Waals surface area contributed by atoms with Crippen LogP contribution in [-0.2, 0) is 0 Å². The molecule has 2 saturated heterocycles. The van der Waals surface area contributed by atoms with Crippen LogP contribution >= 0.6 is 0 Å². The topological polar surface area (TPSA) is 47.1 Å². The highest BCUT2D eigenvalue weighted by molar-refractivity contribution is 5.30. The van der Waals surface area contributed by atoms with E-state index in [9.17, 15) is 0 Å². The molecule has 2 aliphatic rings. The van der Waals surface area contributed by atoms with E-state index in [1.807, 2.05) is 6.20 Å². The van der Waals surface area contributed by atoms with Gasteiger partial charge in [0.15, 0.2) is 0 Å². The van der Waals surface area contributed by atoms with Gasteiger partial charge in [0.05, 0.1) is 17.9 Å². The number of fused-ring (bicyclic) bond motifs is 2. The van der Waals surface area contributed by atoms with Gasteiger partial charge in [0, 0.05) is 18.3 Å². The number of piperidine rings is 1. The molecule has 2 aliphatic heterocycles. The van der Waals surface area contributed by atoms with E-state index in [0.29, 0.717) is 6.04 Å². The first kappa shape index (κ1) is 9.21. The fourth-order valence-electron chi connectivity index (χ4n) is 3.15. The van der Waals surface area contributed by atoms with Crippen molar-refractivity contribution in [2.24, 2.45) is 0 Å². The smallest absolute Gasteiger partial charge is 0.0719 e. The van der Waals surface area contributed by atoms with Gasteiger partial charge in [-0.25, -0.2) is 0 Å². The quantitative estimate of drug-likeness (QED) is 0.752. The van der Waals surface area contributed by atoms with E-state index < -0.39 is 0 Å². The van der Waals surface area contributed by atoms with E-state index in [-0.39, 0.29) is 0 Å². The summed E-state index contributed by atoms with van der Waals surface area (Å²) >= 11 is 0. The molecule has 2 N–H and O–H groups in total. The molecule has 2 fully saturated rings. The van der Waals surface area contributed by atoms with Crippen molar-refractivity contribution in [1.82, 2.24) is 14.7 Å². The molecule has 0 aromatic carbocycles. The lowest BCUT2D eigenvalue weighted by Crippen LogP contribution is -2.40. The molecule has 3 heterocycles. The first-order chi connectivity index (χ1) is 7.24. The second-order valence-corrected chi connectivity index (χ2v) is 4.93. The Morgan fingerprint density at radius 1 is 1.27 bits per heavy atom. The third kappa shape index (κ3) is 1.44. The minimum atomic E-state index is 0.566. The van der Waals surface area contributed by atoms with Gasteiger partial charge >= 0.3 is 0 Å². The van der Waals surface area contributed by atoms with Crippen molar-refractivity contribution < 1.29 is 0 Å². The van der Waals surface area contributed by atoms with E-state index >= 15 is 0 Å². The van der Waals surface area contributed by atoms with Gasteiger partial charge in [-0.3, -0.25) is 4.68 Å². The van der Waals surface area contributed by atoms with Gasteiger partial charge in [0.2, 0.25) is 0 Å². The lowest BCUT2D eigenvalue weighted by Gasteiger charge is -2.36. The summed E-state index contributed by atoms with van der Waals surface area (Å²) in [7, 11) is 2.26. The highest BCUT2D eigenvalue weighted by Gasteiger charge is 2.39. The van der Waals surface area contributed by atoms with Crippen molar-refractivity contribution >= 4 is 5.69 Å². The van der Waals surface area contributed by atoms with Crippen molar-refractivity contribution in [2.75, 3.05) is 12.8 Å². The van der Waals surface area contributed by atoms with Gasteiger partial charge in [0.25, 0.3) is 0 Å². The zero-order valence-corrected chi connectivity index (χ0v) is 9.13. The minimum Gasteiger partial charge on any atom is -0.396 e. The lowest BCUT2D eigenvalue weighted by atomic mass is 9.98. The van der Waals surface area contributed by atoms with Crippen LogP contribution in [0.5, 0.6) is 0 Å². The summed E-state index contributed by atoms with van der Waals surface area (Å²) in [5, 5.41) is 4.33. The number of nitrogens with two attached hydrogens (primary N) is 1. The first-order valence-electron chi connectivity index (χ1n) is 5.75. The van der Waals surface area contributed by atoms with Gasteiger partial charge in [-0.05, 0) is 32.7 Å². The van der Waals surface area contributed by atoms with E-state index in [1.165, 1.54) is 25.7 Å². The Kier molecular flexibility index (Phi) is 1.99.